The lowest BCUT2D eigenvalue weighted by molar-refractivity contribution is -0.123. The molecule has 0 aliphatic heterocycles. The lowest BCUT2D eigenvalue weighted by Gasteiger charge is -2.20. The molecule has 2 N–H and O–H groups in total. The van der Waals surface area contributed by atoms with Crippen LogP contribution < -0.4 is 10.6 Å². The normalized spacial score (nSPS) is 10.8. The second kappa shape index (κ2) is 7.35. The van der Waals surface area contributed by atoms with Crippen LogP contribution in [0.1, 0.15) is 31.1 Å². The van der Waals surface area contributed by atoms with E-state index in [9.17, 15) is 18.8 Å². The van der Waals surface area contributed by atoms with Crippen LogP contribution in [-0.4, -0.2) is 30.1 Å². The summed E-state index contributed by atoms with van der Waals surface area (Å²) in [6.45, 7) is 4.59. The molecule has 0 unspecified atom stereocenters. The number of carbonyl (C=O) groups is 3. The van der Waals surface area contributed by atoms with Gasteiger partial charge in [0.1, 0.15) is 5.82 Å². The Bertz CT molecular complexity index is 599. The third-order valence-electron chi connectivity index (χ3n) is 2.22. The monoisotopic (exact) mass is 374 g/mol. The number of hydrogen-bond donors (Lipinski definition) is 2. The molecular weight excluding hydrogens is 359 g/mol. The minimum atomic E-state index is -0.877. The highest BCUT2D eigenvalue weighted by molar-refractivity contribution is 9.10. The molecule has 3 amide bonds. The van der Waals surface area contributed by atoms with Gasteiger partial charge in [0.05, 0.1) is 5.56 Å². The second-order valence-electron chi connectivity index (χ2n) is 5.45. The molecule has 0 bridgehead atoms. The van der Waals surface area contributed by atoms with Gasteiger partial charge in [0.2, 0.25) is 0 Å². The topological polar surface area (TPSA) is 84.5 Å². The van der Waals surface area contributed by atoms with Gasteiger partial charge < -0.3 is 10.1 Å². The number of benzene rings is 1. The molecule has 1 aromatic carbocycles. The average molecular weight is 375 g/mol. The number of carbonyl (C=O) groups excluding carboxylic acids is 3. The van der Waals surface area contributed by atoms with Crippen molar-refractivity contribution in [1.29, 1.82) is 0 Å². The van der Waals surface area contributed by atoms with Gasteiger partial charge in [-0.1, -0.05) is 0 Å². The van der Waals surface area contributed by atoms with Crippen molar-refractivity contribution in [2.45, 2.75) is 26.3 Å². The van der Waals surface area contributed by atoms with Crippen LogP contribution >= 0.6 is 15.9 Å². The zero-order chi connectivity index (χ0) is 16.9. The first kappa shape index (κ1) is 18.1. The molecule has 0 saturated carbocycles. The van der Waals surface area contributed by atoms with Gasteiger partial charge in [-0.05, 0) is 54.9 Å². The van der Waals surface area contributed by atoms with Crippen molar-refractivity contribution < 1.29 is 23.5 Å². The molecule has 6 nitrogen and oxygen atoms in total. The number of ether oxygens (including phenoxy) is 1. The van der Waals surface area contributed by atoms with Crippen LogP contribution in [-0.2, 0) is 9.53 Å². The van der Waals surface area contributed by atoms with Gasteiger partial charge in [-0.3, -0.25) is 10.1 Å². The summed E-state index contributed by atoms with van der Waals surface area (Å²) < 4.78 is 18.1. The van der Waals surface area contributed by atoms with Crippen LogP contribution in [0.15, 0.2) is 22.7 Å². The molecule has 0 spiro atoms. The number of amides is 3. The van der Waals surface area contributed by atoms with E-state index in [4.69, 9.17) is 4.74 Å². The Morgan fingerprint density at radius 2 is 1.91 bits per heavy atom. The third kappa shape index (κ3) is 6.21. The van der Waals surface area contributed by atoms with Crippen LogP contribution in [0, 0.1) is 5.82 Å². The average Bonchev–Trinajstić information content (AvgIpc) is 2.36. The highest BCUT2D eigenvalue weighted by Gasteiger charge is 2.18. The van der Waals surface area contributed by atoms with Crippen molar-refractivity contribution in [1.82, 2.24) is 10.6 Å². The Labute approximate surface area is 135 Å². The van der Waals surface area contributed by atoms with Crippen LogP contribution in [0.5, 0.6) is 0 Å². The summed E-state index contributed by atoms with van der Waals surface area (Å²) in [6, 6.07) is 2.81. The minimum Gasteiger partial charge on any atom is -0.452 e. The molecule has 1 rings (SSSR count). The smallest absolute Gasteiger partial charge is 0.339 e. The lowest BCUT2D eigenvalue weighted by atomic mass is 10.1. The molecule has 0 aliphatic carbocycles. The zero-order valence-corrected chi connectivity index (χ0v) is 13.9. The van der Waals surface area contributed by atoms with E-state index in [0.29, 0.717) is 4.47 Å². The van der Waals surface area contributed by atoms with Crippen LogP contribution in [0.2, 0.25) is 0 Å². The van der Waals surface area contributed by atoms with Crippen LogP contribution in [0.25, 0.3) is 0 Å². The van der Waals surface area contributed by atoms with Crippen molar-refractivity contribution in [2.75, 3.05) is 6.61 Å². The maximum atomic E-state index is 13.1. The molecule has 0 radical (unpaired) electrons. The Morgan fingerprint density at radius 1 is 1.27 bits per heavy atom. The van der Waals surface area contributed by atoms with Crippen molar-refractivity contribution in [2.24, 2.45) is 0 Å². The van der Waals surface area contributed by atoms with Gasteiger partial charge >= 0.3 is 12.0 Å². The van der Waals surface area contributed by atoms with Crippen molar-refractivity contribution in [3.05, 3.63) is 34.1 Å². The Kier molecular flexibility index (Phi) is 6.04. The summed E-state index contributed by atoms with van der Waals surface area (Å²) in [5, 5.41) is 4.53. The first-order valence-electron chi connectivity index (χ1n) is 6.32. The second-order valence-corrected chi connectivity index (χ2v) is 6.31. The first-order chi connectivity index (χ1) is 10.1. The van der Waals surface area contributed by atoms with Crippen LogP contribution in [0.3, 0.4) is 0 Å². The fraction of sp³-hybridized carbons (Fsp3) is 0.357. The van der Waals surface area contributed by atoms with E-state index in [2.05, 4.69) is 21.2 Å². The fourth-order valence-electron chi connectivity index (χ4n) is 1.40. The summed E-state index contributed by atoms with van der Waals surface area (Å²) in [5.41, 5.74) is -0.556. The van der Waals surface area contributed by atoms with Gasteiger partial charge in [-0.2, -0.15) is 0 Å². The third-order valence-corrected chi connectivity index (χ3v) is 2.92. The number of urea groups is 1. The molecule has 0 aromatic heterocycles. The standard InChI is InChI=1S/C14H16BrFN2O4/c1-14(2,3)18-13(21)17-11(19)7-22-12(20)9-6-8(16)4-5-10(9)15/h4-6H,7H2,1-3H3,(H2,17,18,19,21). The highest BCUT2D eigenvalue weighted by atomic mass is 79.9. The van der Waals surface area contributed by atoms with Gasteiger partial charge in [-0.15, -0.1) is 0 Å². The van der Waals surface area contributed by atoms with E-state index in [0.717, 1.165) is 6.07 Å². The summed E-state index contributed by atoms with van der Waals surface area (Å²) in [4.78, 5) is 34.7. The summed E-state index contributed by atoms with van der Waals surface area (Å²) >= 11 is 3.08. The Morgan fingerprint density at radius 3 is 2.50 bits per heavy atom. The predicted molar refractivity (Wildman–Crippen MR) is 80.8 cm³/mol. The largest absolute Gasteiger partial charge is 0.452 e. The molecule has 8 heteroatoms. The van der Waals surface area contributed by atoms with E-state index >= 15 is 0 Å². The highest BCUT2D eigenvalue weighted by Crippen LogP contribution is 2.18. The summed E-state index contributed by atoms with van der Waals surface area (Å²) in [6.07, 6.45) is 0. The zero-order valence-electron chi connectivity index (χ0n) is 12.3. The van der Waals surface area contributed by atoms with Crippen molar-refractivity contribution >= 4 is 33.8 Å². The van der Waals surface area contributed by atoms with Gasteiger partial charge in [-0.25, -0.2) is 14.0 Å². The maximum Gasteiger partial charge on any atom is 0.339 e. The van der Waals surface area contributed by atoms with E-state index in [-0.39, 0.29) is 5.56 Å². The molecule has 120 valence electrons. The molecule has 1 aromatic rings. The van der Waals surface area contributed by atoms with Gasteiger partial charge in [0, 0.05) is 10.0 Å². The molecular formula is C14H16BrFN2O4. The minimum absolute atomic E-state index is 0.0491. The number of halogens is 2. The molecule has 0 atom stereocenters. The molecule has 0 fully saturated rings. The number of rotatable bonds is 3. The van der Waals surface area contributed by atoms with Crippen LogP contribution in [0.4, 0.5) is 9.18 Å². The molecule has 0 aliphatic rings. The lowest BCUT2D eigenvalue weighted by Crippen LogP contribution is -2.49. The number of imide groups is 1. The van der Waals surface area contributed by atoms with E-state index < -0.39 is 35.9 Å². The van der Waals surface area contributed by atoms with E-state index in [1.165, 1.54) is 12.1 Å². The number of nitrogens with one attached hydrogen (secondary N) is 2. The number of esters is 1. The molecule has 0 saturated heterocycles. The summed E-state index contributed by atoms with van der Waals surface area (Å²) in [7, 11) is 0. The maximum absolute atomic E-state index is 13.1. The van der Waals surface area contributed by atoms with Crippen molar-refractivity contribution in [3.63, 3.8) is 0 Å². The number of hydrogen-bond acceptors (Lipinski definition) is 4. The SMILES string of the molecule is CC(C)(C)NC(=O)NC(=O)COC(=O)c1cc(F)ccc1Br. The van der Waals surface area contributed by atoms with Gasteiger partial charge in [0.25, 0.3) is 5.91 Å². The quantitative estimate of drug-likeness (QED) is 0.795. The molecule has 22 heavy (non-hydrogen) atoms. The van der Waals surface area contributed by atoms with E-state index in [1.807, 2.05) is 5.32 Å². The Balaban J connectivity index is 2.52. The Hall–Kier alpha value is -1.96. The summed E-state index contributed by atoms with van der Waals surface area (Å²) in [5.74, 6) is -2.27. The van der Waals surface area contributed by atoms with E-state index in [1.54, 1.807) is 20.8 Å². The fourth-order valence-corrected chi connectivity index (χ4v) is 1.81. The molecule has 0 heterocycles. The van der Waals surface area contributed by atoms with Crippen molar-refractivity contribution in [3.8, 4) is 0 Å². The predicted octanol–water partition coefficient (Wildman–Crippen LogP) is 2.37. The van der Waals surface area contributed by atoms with Gasteiger partial charge in [0.15, 0.2) is 6.61 Å². The first-order valence-corrected chi connectivity index (χ1v) is 7.12.